The second kappa shape index (κ2) is 6.62. The van der Waals surface area contributed by atoms with Crippen molar-refractivity contribution in [2.45, 2.75) is 26.3 Å². The van der Waals surface area contributed by atoms with Crippen molar-refractivity contribution in [2.75, 3.05) is 24.3 Å². The zero-order valence-corrected chi connectivity index (χ0v) is 10.9. The van der Waals surface area contributed by atoms with Gasteiger partial charge in [-0.25, -0.2) is 0 Å². The molecular formula is C10H20N2S2. The van der Waals surface area contributed by atoms with Gasteiger partial charge in [-0.3, -0.25) is 4.99 Å². The van der Waals surface area contributed by atoms with Gasteiger partial charge in [-0.1, -0.05) is 18.7 Å². The molecule has 1 aliphatic rings. The van der Waals surface area contributed by atoms with Crippen LogP contribution in [0.25, 0.3) is 0 Å². The van der Waals surface area contributed by atoms with Crippen molar-refractivity contribution in [3.8, 4) is 0 Å². The Morgan fingerprint density at radius 3 is 3.00 bits per heavy atom. The summed E-state index contributed by atoms with van der Waals surface area (Å²) in [5.41, 5.74) is 0. The van der Waals surface area contributed by atoms with Crippen molar-refractivity contribution in [1.82, 2.24) is 5.32 Å². The maximum Gasteiger partial charge on any atom is 0.156 e. The molecule has 0 radical (unpaired) electrons. The topological polar surface area (TPSA) is 24.4 Å². The summed E-state index contributed by atoms with van der Waals surface area (Å²) in [7, 11) is 0. The zero-order valence-electron chi connectivity index (χ0n) is 9.25. The Morgan fingerprint density at radius 2 is 2.36 bits per heavy atom. The van der Waals surface area contributed by atoms with E-state index in [4.69, 9.17) is 0 Å². The molecule has 1 saturated heterocycles. The van der Waals surface area contributed by atoms with Gasteiger partial charge in [0, 0.05) is 18.3 Å². The molecule has 0 aromatic rings. The maximum atomic E-state index is 4.56. The van der Waals surface area contributed by atoms with E-state index in [-0.39, 0.29) is 0 Å². The lowest BCUT2D eigenvalue weighted by Gasteiger charge is -2.28. The third-order valence-corrected chi connectivity index (χ3v) is 4.36. The van der Waals surface area contributed by atoms with Crippen molar-refractivity contribution in [2.24, 2.45) is 10.9 Å². The number of aliphatic imine (C=N–C) groups is 1. The monoisotopic (exact) mass is 232 g/mol. The number of thioether (sulfide) groups is 2. The summed E-state index contributed by atoms with van der Waals surface area (Å²) in [5.74, 6) is 3.17. The van der Waals surface area contributed by atoms with Gasteiger partial charge in [-0.2, -0.15) is 11.8 Å². The standard InChI is InChI=1S/C10H20N2S2/c1-8-7-14-10(12-9(8)2)11-5-4-6-13-3/h8-9H,4-7H2,1-3H3,(H,11,12). The van der Waals surface area contributed by atoms with Gasteiger partial charge in [0.05, 0.1) is 0 Å². The highest BCUT2D eigenvalue weighted by atomic mass is 32.2. The fourth-order valence-electron chi connectivity index (χ4n) is 1.21. The molecule has 14 heavy (non-hydrogen) atoms. The Kier molecular flexibility index (Phi) is 5.78. The fraction of sp³-hybridized carbons (Fsp3) is 0.900. The van der Waals surface area contributed by atoms with Crippen LogP contribution in [0, 0.1) is 5.92 Å². The number of hydrogen-bond donors (Lipinski definition) is 1. The van der Waals surface area contributed by atoms with E-state index in [0.717, 1.165) is 17.6 Å². The first kappa shape index (κ1) is 12.2. The van der Waals surface area contributed by atoms with E-state index in [2.05, 4.69) is 30.4 Å². The second-order valence-electron chi connectivity index (χ2n) is 3.75. The molecule has 0 aliphatic carbocycles. The highest BCUT2D eigenvalue weighted by Crippen LogP contribution is 2.19. The third-order valence-electron chi connectivity index (χ3n) is 2.45. The van der Waals surface area contributed by atoms with E-state index in [1.807, 2.05) is 23.5 Å². The normalized spacial score (nSPS) is 30.4. The predicted molar refractivity (Wildman–Crippen MR) is 69.5 cm³/mol. The smallest absolute Gasteiger partial charge is 0.156 e. The zero-order chi connectivity index (χ0) is 10.4. The average molecular weight is 232 g/mol. The molecule has 0 aromatic carbocycles. The van der Waals surface area contributed by atoms with E-state index < -0.39 is 0 Å². The van der Waals surface area contributed by atoms with Crippen LogP contribution in [0.1, 0.15) is 20.3 Å². The quantitative estimate of drug-likeness (QED) is 0.754. The van der Waals surface area contributed by atoms with Crippen LogP contribution in [-0.2, 0) is 0 Å². The van der Waals surface area contributed by atoms with Gasteiger partial charge in [0.15, 0.2) is 5.17 Å². The molecule has 0 spiro atoms. The highest BCUT2D eigenvalue weighted by Gasteiger charge is 2.20. The molecule has 4 heteroatoms. The van der Waals surface area contributed by atoms with Crippen LogP contribution in [0.5, 0.6) is 0 Å². The minimum atomic E-state index is 0.579. The van der Waals surface area contributed by atoms with Crippen LogP contribution in [0.2, 0.25) is 0 Å². The summed E-state index contributed by atoms with van der Waals surface area (Å²) < 4.78 is 0. The summed E-state index contributed by atoms with van der Waals surface area (Å²) in [5, 5.41) is 4.60. The Hall–Kier alpha value is 0.170. The van der Waals surface area contributed by atoms with Gasteiger partial charge in [0.1, 0.15) is 0 Å². The predicted octanol–water partition coefficient (Wildman–Crippen LogP) is 2.46. The number of nitrogens with one attached hydrogen (secondary N) is 1. The van der Waals surface area contributed by atoms with Gasteiger partial charge < -0.3 is 5.32 Å². The molecule has 0 saturated carbocycles. The largest absolute Gasteiger partial charge is 0.362 e. The van der Waals surface area contributed by atoms with Crippen LogP contribution >= 0.6 is 23.5 Å². The van der Waals surface area contributed by atoms with Crippen molar-refractivity contribution in [3.63, 3.8) is 0 Å². The molecule has 0 amide bonds. The van der Waals surface area contributed by atoms with E-state index in [9.17, 15) is 0 Å². The molecule has 2 unspecified atom stereocenters. The summed E-state index contributed by atoms with van der Waals surface area (Å²) in [4.78, 5) is 4.56. The van der Waals surface area contributed by atoms with Crippen LogP contribution in [0.15, 0.2) is 4.99 Å². The number of amidine groups is 1. The van der Waals surface area contributed by atoms with Crippen molar-refractivity contribution < 1.29 is 0 Å². The molecule has 82 valence electrons. The van der Waals surface area contributed by atoms with Gasteiger partial charge in [-0.05, 0) is 31.3 Å². The SMILES string of the molecule is CSCCCN=C1NC(C)C(C)CS1. The molecule has 0 bridgehead atoms. The van der Waals surface area contributed by atoms with Crippen LogP contribution in [0.4, 0.5) is 0 Å². The molecule has 1 aliphatic heterocycles. The molecule has 1 fully saturated rings. The molecule has 1 rings (SSSR count). The van der Waals surface area contributed by atoms with Gasteiger partial charge in [0.2, 0.25) is 0 Å². The highest BCUT2D eigenvalue weighted by molar-refractivity contribution is 8.13. The van der Waals surface area contributed by atoms with E-state index in [1.165, 1.54) is 17.9 Å². The van der Waals surface area contributed by atoms with Crippen LogP contribution in [-0.4, -0.2) is 35.5 Å². The number of nitrogens with zero attached hydrogens (tertiary/aromatic N) is 1. The Balaban J connectivity index is 2.24. The lowest BCUT2D eigenvalue weighted by molar-refractivity contribution is 0.490. The first-order valence-corrected chi connectivity index (χ1v) is 7.54. The fourth-order valence-corrected chi connectivity index (χ4v) is 2.79. The third kappa shape index (κ3) is 4.13. The molecular weight excluding hydrogens is 212 g/mol. The molecule has 1 N–H and O–H groups in total. The average Bonchev–Trinajstić information content (AvgIpc) is 2.18. The van der Waals surface area contributed by atoms with Gasteiger partial charge in [-0.15, -0.1) is 0 Å². The molecule has 0 aromatic heterocycles. The Labute approximate surface area is 95.7 Å². The summed E-state index contributed by atoms with van der Waals surface area (Å²) >= 11 is 3.76. The van der Waals surface area contributed by atoms with Crippen molar-refractivity contribution in [1.29, 1.82) is 0 Å². The minimum Gasteiger partial charge on any atom is -0.362 e. The van der Waals surface area contributed by atoms with E-state index >= 15 is 0 Å². The Morgan fingerprint density at radius 1 is 1.57 bits per heavy atom. The van der Waals surface area contributed by atoms with Crippen molar-refractivity contribution >= 4 is 28.7 Å². The van der Waals surface area contributed by atoms with E-state index in [1.54, 1.807) is 0 Å². The second-order valence-corrected chi connectivity index (χ2v) is 5.75. The van der Waals surface area contributed by atoms with Crippen LogP contribution in [0.3, 0.4) is 0 Å². The van der Waals surface area contributed by atoms with Gasteiger partial charge >= 0.3 is 0 Å². The first-order valence-electron chi connectivity index (χ1n) is 5.16. The molecule has 2 nitrogen and oxygen atoms in total. The minimum absolute atomic E-state index is 0.579. The first-order chi connectivity index (χ1) is 6.74. The Bertz CT molecular complexity index is 195. The molecule has 2 atom stereocenters. The lowest BCUT2D eigenvalue weighted by atomic mass is 10.1. The summed E-state index contributed by atoms with van der Waals surface area (Å²) in [6, 6.07) is 0.579. The summed E-state index contributed by atoms with van der Waals surface area (Å²) in [6.45, 7) is 5.49. The van der Waals surface area contributed by atoms with Crippen LogP contribution < -0.4 is 5.32 Å². The lowest BCUT2D eigenvalue weighted by Crippen LogP contribution is -2.41. The maximum absolute atomic E-state index is 4.56. The number of hydrogen-bond acceptors (Lipinski definition) is 3. The summed E-state index contributed by atoms with van der Waals surface area (Å²) in [6.07, 6.45) is 3.33. The van der Waals surface area contributed by atoms with Gasteiger partial charge in [0.25, 0.3) is 0 Å². The van der Waals surface area contributed by atoms with E-state index in [0.29, 0.717) is 6.04 Å². The van der Waals surface area contributed by atoms with Crippen molar-refractivity contribution in [3.05, 3.63) is 0 Å². The molecule has 1 heterocycles. The number of rotatable bonds is 4.